The monoisotopic (exact) mass is 248 g/mol. The van der Waals surface area contributed by atoms with E-state index >= 15 is 0 Å². The maximum absolute atomic E-state index is 11.7. The lowest BCUT2D eigenvalue weighted by atomic mass is 9.85. The van der Waals surface area contributed by atoms with E-state index in [-0.39, 0.29) is 18.3 Å². The minimum absolute atomic E-state index is 0. The quantitative estimate of drug-likeness (QED) is 0.744. The normalized spacial score (nSPS) is 31.1. The van der Waals surface area contributed by atoms with Gasteiger partial charge in [0.1, 0.15) is 0 Å². The Morgan fingerprint density at radius 1 is 1.31 bits per heavy atom. The average molecular weight is 249 g/mol. The van der Waals surface area contributed by atoms with Crippen molar-refractivity contribution >= 4 is 18.3 Å². The Hall–Kier alpha value is -0.320. The van der Waals surface area contributed by atoms with E-state index in [2.05, 4.69) is 5.32 Å². The standard InChI is InChI=1S/C11H20N2O2.ClH/c14-8-9-1-3-10(4-2-9)13-6-5-12-7-11(13)15;/h9-10,12,14H,1-8H2;1H/t9-,10-;. The number of rotatable bonds is 2. The van der Waals surface area contributed by atoms with Crippen LogP contribution in [-0.4, -0.2) is 48.2 Å². The predicted octanol–water partition coefficient (Wildman–Crippen LogP) is 0.391. The number of hydrogen-bond donors (Lipinski definition) is 2. The van der Waals surface area contributed by atoms with Crippen LogP contribution >= 0.6 is 12.4 Å². The molecule has 2 rings (SSSR count). The third-order valence-electron chi connectivity index (χ3n) is 3.64. The molecular formula is C11H21ClN2O2. The van der Waals surface area contributed by atoms with Crippen molar-refractivity contribution in [3.05, 3.63) is 0 Å². The predicted molar refractivity (Wildman–Crippen MR) is 64.7 cm³/mol. The summed E-state index contributed by atoms with van der Waals surface area (Å²) in [4.78, 5) is 13.7. The summed E-state index contributed by atoms with van der Waals surface area (Å²) in [5.74, 6) is 0.716. The van der Waals surface area contributed by atoms with Gasteiger partial charge in [0.25, 0.3) is 0 Å². The molecule has 16 heavy (non-hydrogen) atoms. The molecule has 0 spiro atoms. The molecule has 1 heterocycles. The van der Waals surface area contributed by atoms with Gasteiger partial charge >= 0.3 is 0 Å². The lowest BCUT2D eigenvalue weighted by Gasteiger charge is -2.38. The minimum atomic E-state index is 0. The first-order valence-electron chi connectivity index (χ1n) is 5.92. The number of piperazine rings is 1. The van der Waals surface area contributed by atoms with Crippen molar-refractivity contribution in [2.24, 2.45) is 5.92 Å². The molecule has 1 aliphatic heterocycles. The van der Waals surface area contributed by atoms with Crippen molar-refractivity contribution in [2.45, 2.75) is 31.7 Å². The van der Waals surface area contributed by atoms with Gasteiger partial charge < -0.3 is 15.3 Å². The summed E-state index contributed by atoms with van der Waals surface area (Å²) < 4.78 is 0. The van der Waals surface area contributed by atoms with Crippen LogP contribution in [0.3, 0.4) is 0 Å². The summed E-state index contributed by atoms with van der Waals surface area (Å²) in [7, 11) is 0. The number of amides is 1. The summed E-state index contributed by atoms with van der Waals surface area (Å²) in [6, 6.07) is 0.433. The van der Waals surface area contributed by atoms with Gasteiger partial charge in [-0.05, 0) is 31.6 Å². The average Bonchev–Trinajstić information content (AvgIpc) is 2.30. The zero-order valence-corrected chi connectivity index (χ0v) is 10.3. The number of aliphatic hydroxyl groups excluding tert-OH is 1. The molecule has 4 nitrogen and oxygen atoms in total. The highest BCUT2D eigenvalue weighted by molar-refractivity contribution is 5.85. The molecule has 0 unspecified atom stereocenters. The van der Waals surface area contributed by atoms with E-state index in [9.17, 15) is 4.79 Å². The highest BCUT2D eigenvalue weighted by atomic mass is 35.5. The van der Waals surface area contributed by atoms with Crippen LogP contribution in [0.4, 0.5) is 0 Å². The van der Waals surface area contributed by atoms with Gasteiger partial charge in [0, 0.05) is 25.7 Å². The van der Waals surface area contributed by atoms with Gasteiger partial charge in [-0.3, -0.25) is 4.79 Å². The van der Waals surface area contributed by atoms with E-state index < -0.39 is 0 Å². The van der Waals surface area contributed by atoms with Gasteiger partial charge in [-0.2, -0.15) is 0 Å². The fourth-order valence-electron chi connectivity index (χ4n) is 2.65. The third kappa shape index (κ3) is 3.09. The number of carbonyl (C=O) groups is 1. The Balaban J connectivity index is 0.00000128. The fraction of sp³-hybridized carbons (Fsp3) is 0.909. The Kier molecular flexibility index (Phi) is 5.52. The van der Waals surface area contributed by atoms with Crippen LogP contribution in [0.1, 0.15) is 25.7 Å². The fourth-order valence-corrected chi connectivity index (χ4v) is 2.65. The molecule has 1 saturated carbocycles. The lowest BCUT2D eigenvalue weighted by molar-refractivity contribution is -0.135. The molecule has 1 amide bonds. The van der Waals surface area contributed by atoms with E-state index in [1.54, 1.807) is 0 Å². The molecule has 2 fully saturated rings. The summed E-state index contributed by atoms with van der Waals surface area (Å²) in [6.07, 6.45) is 4.27. The molecule has 0 aromatic heterocycles. The highest BCUT2D eigenvalue weighted by Crippen LogP contribution is 2.27. The van der Waals surface area contributed by atoms with Crippen LogP contribution in [0.5, 0.6) is 0 Å². The Morgan fingerprint density at radius 3 is 2.56 bits per heavy atom. The van der Waals surface area contributed by atoms with Crippen molar-refractivity contribution in [3.63, 3.8) is 0 Å². The summed E-state index contributed by atoms with van der Waals surface area (Å²) >= 11 is 0. The van der Waals surface area contributed by atoms with E-state index in [0.29, 0.717) is 25.1 Å². The topological polar surface area (TPSA) is 52.6 Å². The van der Waals surface area contributed by atoms with Gasteiger partial charge in [0.2, 0.25) is 5.91 Å². The van der Waals surface area contributed by atoms with Crippen molar-refractivity contribution in [1.29, 1.82) is 0 Å². The number of nitrogens with one attached hydrogen (secondary N) is 1. The second kappa shape index (κ2) is 6.42. The van der Waals surface area contributed by atoms with E-state index in [1.165, 1.54) is 0 Å². The van der Waals surface area contributed by atoms with Gasteiger partial charge in [0.15, 0.2) is 0 Å². The van der Waals surface area contributed by atoms with E-state index in [0.717, 1.165) is 38.8 Å². The lowest BCUT2D eigenvalue weighted by Crippen LogP contribution is -2.53. The number of hydrogen-bond acceptors (Lipinski definition) is 3. The third-order valence-corrected chi connectivity index (χ3v) is 3.64. The molecule has 1 aliphatic carbocycles. The number of aliphatic hydroxyl groups is 1. The molecule has 2 N–H and O–H groups in total. The molecule has 94 valence electrons. The van der Waals surface area contributed by atoms with Crippen LogP contribution < -0.4 is 5.32 Å². The van der Waals surface area contributed by atoms with Crippen LogP contribution in [0.15, 0.2) is 0 Å². The molecule has 1 saturated heterocycles. The number of carbonyl (C=O) groups excluding carboxylic acids is 1. The zero-order chi connectivity index (χ0) is 10.7. The summed E-state index contributed by atoms with van der Waals surface area (Å²) in [6.45, 7) is 2.58. The summed E-state index contributed by atoms with van der Waals surface area (Å²) in [5, 5.41) is 12.1. The smallest absolute Gasteiger partial charge is 0.236 e. The van der Waals surface area contributed by atoms with Crippen LogP contribution in [0, 0.1) is 5.92 Å². The van der Waals surface area contributed by atoms with E-state index in [1.807, 2.05) is 4.90 Å². The van der Waals surface area contributed by atoms with Crippen molar-refractivity contribution in [2.75, 3.05) is 26.2 Å². The SMILES string of the molecule is Cl.O=C1CNCCN1[C@H]1CC[C@H](CO)CC1. The van der Waals surface area contributed by atoms with Crippen LogP contribution in [0.2, 0.25) is 0 Å². The first kappa shape index (κ1) is 13.7. The molecular weight excluding hydrogens is 228 g/mol. The first-order valence-corrected chi connectivity index (χ1v) is 5.92. The number of nitrogens with zero attached hydrogens (tertiary/aromatic N) is 1. The maximum atomic E-state index is 11.7. The Morgan fingerprint density at radius 2 is 2.00 bits per heavy atom. The van der Waals surface area contributed by atoms with Crippen molar-refractivity contribution in [1.82, 2.24) is 10.2 Å². The Bertz CT molecular complexity index is 230. The van der Waals surface area contributed by atoms with E-state index in [4.69, 9.17) is 5.11 Å². The molecule has 5 heteroatoms. The van der Waals surface area contributed by atoms with Crippen molar-refractivity contribution in [3.8, 4) is 0 Å². The van der Waals surface area contributed by atoms with Gasteiger partial charge in [-0.1, -0.05) is 0 Å². The number of halogens is 1. The van der Waals surface area contributed by atoms with Crippen molar-refractivity contribution < 1.29 is 9.90 Å². The second-order valence-electron chi connectivity index (χ2n) is 4.62. The summed E-state index contributed by atoms with van der Waals surface area (Å²) in [5.41, 5.74) is 0. The molecule has 2 aliphatic rings. The first-order chi connectivity index (χ1) is 7.31. The molecule has 0 aromatic rings. The molecule has 0 atom stereocenters. The second-order valence-corrected chi connectivity index (χ2v) is 4.62. The zero-order valence-electron chi connectivity index (χ0n) is 9.52. The highest BCUT2D eigenvalue weighted by Gasteiger charge is 2.29. The van der Waals surface area contributed by atoms with Gasteiger partial charge in [0.05, 0.1) is 6.54 Å². The maximum Gasteiger partial charge on any atom is 0.236 e. The van der Waals surface area contributed by atoms with Gasteiger partial charge in [-0.15, -0.1) is 12.4 Å². The largest absolute Gasteiger partial charge is 0.396 e. The molecule has 0 aromatic carbocycles. The minimum Gasteiger partial charge on any atom is -0.396 e. The molecule has 0 bridgehead atoms. The van der Waals surface area contributed by atoms with Crippen LogP contribution in [0.25, 0.3) is 0 Å². The Labute approximate surface area is 103 Å². The molecule has 0 radical (unpaired) electrons. The van der Waals surface area contributed by atoms with Gasteiger partial charge in [-0.25, -0.2) is 0 Å². The van der Waals surface area contributed by atoms with Crippen LogP contribution in [-0.2, 0) is 4.79 Å².